The Balaban J connectivity index is 3.71. The van der Waals surface area contributed by atoms with Crippen LogP contribution in [0, 0.1) is 0 Å². The van der Waals surface area contributed by atoms with Gasteiger partial charge in [0.2, 0.25) is 0 Å². The molecule has 110 valence electrons. The van der Waals surface area contributed by atoms with Crippen molar-refractivity contribution >= 4 is 21.4 Å². The largest absolute Gasteiger partial charge is 0.513 e. The number of hydrogen-bond donors (Lipinski definition) is 1. The Morgan fingerprint density at radius 2 is 1.28 bits per heavy atom. The van der Waals surface area contributed by atoms with Crippen LogP contribution in [-0.4, -0.2) is 35.0 Å². The van der Waals surface area contributed by atoms with Gasteiger partial charge in [-0.05, 0) is 6.42 Å². The van der Waals surface area contributed by atoms with E-state index in [1.54, 1.807) is 21.3 Å². The molecule has 0 aliphatic heterocycles. The second-order valence-corrected chi connectivity index (χ2v) is 8.88. The van der Waals surface area contributed by atoms with Crippen LogP contribution in [0.2, 0.25) is 0 Å². The molecule has 0 N–H and O–H groups in total. The van der Waals surface area contributed by atoms with Crippen molar-refractivity contribution in [1.82, 2.24) is 0 Å². The van der Waals surface area contributed by atoms with Crippen LogP contribution in [0.15, 0.2) is 0 Å². The first-order valence-electron chi connectivity index (χ1n) is 7.00. The zero-order chi connectivity index (χ0) is 13.9. The first-order valence-corrected chi connectivity index (χ1v) is 9.32. The third-order valence-corrected chi connectivity index (χ3v) is 7.36. The monoisotopic (exact) mass is 294 g/mol. The van der Waals surface area contributed by atoms with Gasteiger partial charge in [-0.15, -0.1) is 0 Å². The van der Waals surface area contributed by atoms with Crippen LogP contribution in [0.3, 0.4) is 0 Å². The molecule has 0 heterocycles. The van der Waals surface area contributed by atoms with E-state index in [0.29, 0.717) is 0 Å². The molecular formula is C13H30O3SSi. The van der Waals surface area contributed by atoms with E-state index in [2.05, 4.69) is 19.6 Å². The van der Waals surface area contributed by atoms with E-state index in [0.717, 1.165) is 6.42 Å². The summed E-state index contributed by atoms with van der Waals surface area (Å²) in [5.41, 5.74) is 0. The van der Waals surface area contributed by atoms with Gasteiger partial charge in [0, 0.05) is 21.3 Å². The van der Waals surface area contributed by atoms with Crippen LogP contribution in [0.4, 0.5) is 0 Å². The number of hydrogen-bond acceptors (Lipinski definition) is 4. The Morgan fingerprint density at radius 1 is 0.833 bits per heavy atom. The molecule has 0 bridgehead atoms. The topological polar surface area (TPSA) is 27.7 Å². The molecule has 1 atom stereocenters. The van der Waals surface area contributed by atoms with Crippen molar-refractivity contribution in [3.63, 3.8) is 0 Å². The van der Waals surface area contributed by atoms with Gasteiger partial charge >= 0.3 is 8.80 Å². The third kappa shape index (κ3) is 6.57. The highest BCUT2D eigenvalue weighted by molar-refractivity contribution is 7.83. The fraction of sp³-hybridized carbons (Fsp3) is 1.00. The van der Waals surface area contributed by atoms with Gasteiger partial charge in [0.05, 0.1) is 4.87 Å². The molecule has 0 aromatic rings. The first-order chi connectivity index (χ1) is 8.66. The van der Waals surface area contributed by atoms with Gasteiger partial charge in [-0.3, -0.25) is 0 Å². The van der Waals surface area contributed by atoms with Crippen molar-refractivity contribution in [2.75, 3.05) is 21.3 Å². The average Bonchev–Trinajstić information content (AvgIpc) is 2.40. The Bertz CT molecular complexity index is 181. The van der Waals surface area contributed by atoms with E-state index in [1.165, 1.54) is 44.9 Å². The maximum absolute atomic E-state index is 5.43. The minimum atomic E-state index is -2.54. The maximum atomic E-state index is 5.43. The molecule has 0 spiro atoms. The molecule has 0 aliphatic carbocycles. The predicted octanol–water partition coefficient (Wildman–Crippen LogP) is 3.84. The molecule has 0 aliphatic rings. The summed E-state index contributed by atoms with van der Waals surface area (Å²) in [5, 5.41) is 0. The molecule has 3 nitrogen and oxygen atoms in total. The summed E-state index contributed by atoms with van der Waals surface area (Å²) < 4.78 is 16.3. The number of unbranched alkanes of at least 4 members (excludes halogenated alkanes) is 6. The fourth-order valence-corrected chi connectivity index (χ4v) is 5.13. The van der Waals surface area contributed by atoms with Crippen molar-refractivity contribution < 1.29 is 13.3 Å². The van der Waals surface area contributed by atoms with Gasteiger partial charge < -0.3 is 13.3 Å². The molecule has 0 aromatic carbocycles. The lowest BCUT2D eigenvalue weighted by molar-refractivity contribution is 0.120. The van der Waals surface area contributed by atoms with Gasteiger partial charge in [-0.1, -0.05) is 51.9 Å². The van der Waals surface area contributed by atoms with E-state index in [9.17, 15) is 0 Å². The lowest BCUT2D eigenvalue weighted by Gasteiger charge is -2.29. The molecule has 0 amide bonds. The Labute approximate surface area is 119 Å². The van der Waals surface area contributed by atoms with Crippen molar-refractivity contribution in [3.8, 4) is 0 Å². The normalized spacial score (nSPS) is 13.8. The second kappa shape index (κ2) is 11.3. The molecule has 1 unspecified atom stereocenters. The van der Waals surface area contributed by atoms with Gasteiger partial charge in [-0.25, -0.2) is 0 Å². The smallest absolute Gasteiger partial charge is 0.376 e. The van der Waals surface area contributed by atoms with Crippen LogP contribution in [0.5, 0.6) is 0 Å². The third-order valence-electron chi connectivity index (χ3n) is 3.34. The molecular weight excluding hydrogens is 264 g/mol. The highest BCUT2D eigenvalue weighted by Gasteiger charge is 2.44. The minimum absolute atomic E-state index is 0.0770. The van der Waals surface area contributed by atoms with Crippen LogP contribution in [0.25, 0.3) is 0 Å². The van der Waals surface area contributed by atoms with Crippen LogP contribution in [-0.2, 0) is 13.3 Å². The Morgan fingerprint density at radius 3 is 1.72 bits per heavy atom. The average molecular weight is 295 g/mol. The summed E-state index contributed by atoms with van der Waals surface area (Å²) in [6.45, 7) is 2.25. The summed E-state index contributed by atoms with van der Waals surface area (Å²) in [7, 11) is 2.40. The highest BCUT2D eigenvalue weighted by atomic mass is 32.1. The lowest BCUT2D eigenvalue weighted by atomic mass is 10.1. The first kappa shape index (κ1) is 18.4. The summed E-state index contributed by atoms with van der Waals surface area (Å²) in [6, 6.07) is 0. The van der Waals surface area contributed by atoms with Crippen LogP contribution in [0.1, 0.15) is 58.3 Å². The SMILES string of the molecule is CCCCCCCCCC(S)[Si](OC)(OC)OC. The molecule has 5 heteroatoms. The van der Waals surface area contributed by atoms with E-state index >= 15 is 0 Å². The van der Waals surface area contributed by atoms with Gasteiger partial charge in [0.1, 0.15) is 0 Å². The minimum Gasteiger partial charge on any atom is -0.376 e. The van der Waals surface area contributed by atoms with Crippen molar-refractivity contribution in [2.24, 2.45) is 0 Å². The summed E-state index contributed by atoms with van der Waals surface area (Å²) >= 11 is 4.60. The van der Waals surface area contributed by atoms with E-state index in [1.807, 2.05) is 0 Å². The Hall–Kier alpha value is 0.447. The molecule has 0 saturated heterocycles. The van der Waals surface area contributed by atoms with Crippen LogP contribution >= 0.6 is 12.6 Å². The van der Waals surface area contributed by atoms with E-state index < -0.39 is 8.80 Å². The van der Waals surface area contributed by atoms with E-state index in [-0.39, 0.29) is 4.87 Å². The maximum Gasteiger partial charge on any atom is 0.513 e. The molecule has 0 fully saturated rings. The summed E-state index contributed by atoms with van der Waals surface area (Å²) in [4.78, 5) is 0.0770. The highest BCUT2D eigenvalue weighted by Crippen LogP contribution is 2.22. The Kier molecular flexibility index (Phi) is 11.6. The van der Waals surface area contributed by atoms with Crippen molar-refractivity contribution in [1.29, 1.82) is 0 Å². The molecule has 0 aromatic heterocycles. The fourth-order valence-electron chi connectivity index (χ4n) is 2.13. The molecule has 0 radical (unpaired) electrons. The molecule has 0 rings (SSSR count). The second-order valence-electron chi connectivity index (χ2n) is 4.64. The molecule has 0 saturated carbocycles. The van der Waals surface area contributed by atoms with Gasteiger partial charge in [0.15, 0.2) is 0 Å². The van der Waals surface area contributed by atoms with Gasteiger partial charge in [-0.2, -0.15) is 12.6 Å². The zero-order valence-corrected chi connectivity index (χ0v) is 14.3. The van der Waals surface area contributed by atoms with Crippen molar-refractivity contribution in [2.45, 2.75) is 63.2 Å². The van der Waals surface area contributed by atoms with Gasteiger partial charge in [0.25, 0.3) is 0 Å². The van der Waals surface area contributed by atoms with Crippen molar-refractivity contribution in [3.05, 3.63) is 0 Å². The molecule has 18 heavy (non-hydrogen) atoms. The van der Waals surface area contributed by atoms with E-state index in [4.69, 9.17) is 13.3 Å². The number of thiol groups is 1. The summed E-state index contributed by atoms with van der Waals surface area (Å²) in [6.07, 6.45) is 10.2. The quantitative estimate of drug-likeness (QED) is 0.337. The predicted molar refractivity (Wildman–Crippen MR) is 82.2 cm³/mol. The summed E-state index contributed by atoms with van der Waals surface area (Å²) in [5.74, 6) is 0. The zero-order valence-electron chi connectivity index (χ0n) is 12.4. The number of rotatable bonds is 12. The lowest BCUT2D eigenvalue weighted by Crippen LogP contribution is -2.52. The van der Waals surface area contributed by atoms with Crippen LogP contribution < -0.4 is 0 Å². The standard InChI is InChI=1S/C13H30O3SSi/c1-5-6-7-8-9-10-11-12-13(17)18(14-2,15-3)16-4/h13,17H,5-12H2,1-4H3.